The fraction of sp³-hybridized carbons (Fsp3) is 0. The number of nitrogens with one attached hydrogen (secondary N) is 1. The van der Waals surface area contributed by atoms with Crippen molar-refractivity contribution in [2.75, 3.05) is 5.43 Å². The molecule has 0 amide bonds. The number of anilines is 1. The molecule has 2 rings (SSSR count). The van der Waals surface area contributed by atoms with Crippen LogP contribution < -0.4 is 16.0 Å². The number of hydrazine groups is 1. The van der Waals surface area contributed by atoms with Gasteiger partial charge in [0.05, 0.1) is 17.2 Å². The zero-order chi connectivity index (χ0) is 14.7. The molecule has 0 saturated heterocycles. The molecule has 20 heavy (non-hydrogen) atoms. The van der Waals surface area contributed by atoms with E-state index in [9.17, 15) is 14.5 Å². The molecule has 1 aromatic carbocycles. The van der Waals surface area contributed by atoms with Gasteiger partial charge in [-0.1, -0.05) is 15.9 Å². The normalized spacial score (nSPS) is 10.2. The van der Waals surface area contributed by atoms with Gasteiger partial charge in [-0.15, -0.1) is 0 Å². The Morgan fingerprint density at radius 3 is 2.85 bits per heavy atom. The number of halogens is 2. The van der Waals surface area contributed by atoms with Gasteiger partial charge in [0.1, 0.15) is 5.75 Å². The third-order valence-electron chi connectivity index (χ3n) is 2.12. The minimum atomic E-state index is -0.827. The van der Waals surface area contributed by atoms with Crippen molar-refractivity contribution in [3.05, 3.63) is 44.8 Å². The van der Waals surface area contributed by atoms with Crippen molar-refractivity contribution >= 4 is 27.6 Å². The molecule has 0 radical (unpaired) electrons. The van der Waals surface area contributed by atoms with E-state index in [0.29, 0.717) is 4.47 Å². The summed E-state index contributed by atoms with van der Waals surface area (Å²) in [5.74, 6) is 3.87. The molecule has 8 nitrogen and oxygen atoms in total. The Hall–Kier alpha value is -2.33. The summed E-state index contributed by atoms with van der Waals surface area (Å²) in [6.45, 7) is 0. The highest BCUT2D eigenvalue weighted by molar-refractivity contribution is 9.10. The van der Waals surface area contributed by atoms with E-state index in [2.05, 4.69) is 31.3 Å². The van der Waals surface area contributed by atoms with E-state index >= 15 is 0 Å². The molecule has 0 aliphatic heterocycles. The Kier molecular flexibility index (Phi) is 4.05. The van der Waals surface area contributed by atoms with Crippen molar-refractivity contribution in [3.8, 4) is 11.6 Å². The van der Waals surface area contributed by atoms with Crippen LogP contribution in [0.15, 0.2) is 28.9 Å². The molecule has 2 aromatic rings. The number of hydrogen-bond donors (Lipinski definition) is 2. The van der Waals surface area contributed by atoms with Gasteiger partial charge in [-0.2, -0.15) is 9.37 Å². The number of nitrogen functional groups attached to an aromatic ring is 1. The fourth-order valence-electron chi connectivity index (χ4n) is 1.32. The lowest BCUT2D eigenvalue weighted by molar-refractivity contribution is -0.385. The highest BCUT2D eigenvalue weighted by Crippen LogP contribution is 2.30. The van der Waals surface area contributed by atoms with E-state index in [0.717, 1.165) is 12.3 Å². The summed E-state index contributed by atoms with van der Waals surface area (Å²) < 4.78 is 19.1. The van der Waals surface area contributed by atoms with E-state index in [1.54, 1.807) is 0 Å². The van der Waals surface area contributed by atoms with Crippen molar-refractivity contribution in [3.63, 3.8) is 0 Å². The molecule has 1 aromatic heterocycles. The third kappa shape index (κ3) is 3.16. The first kappa shape index (κ1) is 14.1. The first-order valence-electron chi connectivity index (χ1n) is 5.11. The van der Waals surface area contributed by atoms with Gasteiger partial charge in [-0.25, -0.2) is 10.8 Å². The maximum Gasteiger partial charge on any atom is 0.274 e. The number of aromatic nitrogens is 2. The minimum Gasteiger partial charge on any atom is -0.436 e. The Morgan fingerprint density at radius 1 is 1.45 bits per heavy atom. The number of hydrogen-bond acceptors (Lipinski definition) is 7. The van der Waals surface area contributed by atoms with E-state index in [1.165, 1.54) is 12.1 Å². The number of nitro groups is 1. The molecule has 104 valence electrons. The average Bonchev–Trinajstić information content (AvgIpc) is 2.40. The molecular weight excluding hydrogens is 337 g/mol. The number of benzene rings is 1. The van der Waals surface area contributed by atoms with Gasteiger partial charge in [0.25, 0.3) is 11.6 Å². The number of nitro benzene ring substituents is 1. The number of nitrogens with zero attached hydrogens (tertiary/aromatic N) is 3. The largest absolute Gasteiger partial charge is 0.436 e. The second-order valence-corrected chi connectivity index (χ2v) is 4.41. The van der Waals surface area contributed by atoms with Gasteiger partial charge >= 0.3 is 0 Å². The van der Waals surface area contributed by atoms with E-state index in [1.807, 2.05) is 0 Å². The van der Waals surface area contributed by atoms with Crippen LogP contribution in [0.1, 0.15) is 0 Å². The van der Waals surface area contributed by atoms with Crippen molar-refractivity contribution in [2.45, 2.75) is 0 Å². The van der Waals surface area contributed by atoms with Crippen LogP contribution in [0.4, 0.5) is 16.0 Å². The molecular formula is C10H7BrFN5O3. The maximum absolute atomic E-state index is 13.5. The second kappa shape index (κ2) is 5.75. The lowest BCUT2D eigenvalue weighted by atomic mass is 10.3. The van der Waals surface area contributed by atoms with Crippen LogP contribution in [-0.2, 0) is 0 Å². The summed E-state index contributed by atoms with van der Waals surface area (Å²) >= 11 is 3.10. The highest BCUT2D eigenvalue weighted by Gasteiger charge is 2.13. The van der Waals surface area contributed by atoms with Crippen LogP contribution in [-0.4, -0.2) is 14.9 Å². The van der Waals surface area contributed by atoms with Crippen LogP contribution >= 0.6 is 15.9 Å². The molecule has 0 unspecified atom stereocenters. The van der Waals surface area contributed by atoms with Crippen LogP contribution in [0, 0.1) is 15.9 Å². The van der Waals surface area contributed by atoms with Crippen molar-refractivity contribution in [1.82, 2.24) is 9.97 Å². The van der Waals surface area contributed by atoms with Gasteiger partial charge in [-0.05, 0) is 6.07 Å². The quantitative estimate of drug-likeness (QED) is 0.497. The fourth-order valence-corrected chi connectivity index (χ4v) is 1.78. The maximum atomic E-state index is 13.5. The molecule has 3 N–H and O–H groups in total. The third-order valence-corrected chi connectivity index (χ3v) is 2.58. The lowest BCUT2D eigenvalue weighted by Gasteiger charge is -2.07. The van der Waals surface area contributed by atoms with Gasteiger partial charge in [0, 0.05) is 10.5 Å². The van der Waals surface area contributed by atoms with Gasteiger partial charge < -0.3 is 4.74 Å². The minimum absolute atomic E-state index is 0.0478. The average molecular weight is 344 g/mol. The zero-order valence-corrected chi connectivity index (χ0v) is 11.3. The van der Waals surface area contributed by atoms with Crippen LogP contribution in [0.2, 0.25) is 0 Å². The second-order valence-electron chi connectivity index (χ2n) is 3.50. The van der Waals surface area contributed by atoms with Gasteiger partial charge in [0.15, 0.2) is 0 Å². The van der Waals surface area contributed by atoms with E-state index in [4.69, 9.17) is 10.6 Å². The van der Waals surface area contributed by atoms with Gasteiger partial charge in [0.2, 0.25) is 11.8 Å². The summed E-state index contributed by atoms with van der Waals surface area (Å²) in [5, 5.41) is 10.7. The van der Waals surface area contributed by atoms with Crippen LogP contribution in [0.3, 0.4) is 0 Å². The number of ether oxygens (including phenoxy) is 1. The highest BCUT2D eigenvalue weighted by atomic mass is 79.9. The molecule has 10 heteroatoms. The van der Waals surface area contributed by atoms with Gasteiger partial charge in [-0.3, -0.25) is 15.5 Å². The Labute approximate surface area is 120 Å². The van der Waals surface area contributed by atoms with E-state index in [-0.39, 0.29) is 17.4 Å². The Morgan fingerprint density at radius 2 is 2.20 bits per heavy atom. The SMILES string of the molecule is NNc1ncc(F)c(Oc2cc(Br)cc([N+](=O)[O-])c2)n1. The smallest absolute Gasteiger partial charge is 0.274 e. The first-order valence-corrected chi connectivity index (χ1v) is 5.91. The molecule has 0 bridgehead atoms. The van der Waals surface area contributed by atoms with Crippen LogP contribution in [0.5, 0.6) is 11.6 Å². The Balaban J connectivity index is 2.36. The molecule has 0 spiro atoms. The summed E-state index contributed by atoms with van der Waals surface area (Å²) in [6, 6.07) is 3.86. The lowest BCUT2D eigenvalue weighted by Crippen LogP contribution is -2.11. The molecule has 0 fully saturated rings. The molecule has 0 saturated carbocycles. The van der Waals surface area contributed by atoms with Crippen molar-refractivity contribution in [2.24, 2.45) is 5.84 Å². The summed E-state index contributed by atoms with van der Waals surface area (Å²) in [6.07, 6.45) is 0.865. The van der Waals surface area contributed by atoms with Crippen molar-refractivity contribution in [1.29, 1.82) is 0 Å². The topological polar surface area (TPSA) is 116 Å². The Bertz CT molecular complexity index is 669. The van der Waals surface area contributed by atoms with E-state index < -0.39 is 16.6 Å². The number of non-ortho nitro benzene ring substituents is 1. The summed E-state index contributed by atoms with van der Waals surface area (Å²) in [7, 11) is 0. The standard InChI is InChI=1S/C10H7BrFN5O3/c11-5-1-6(17(18)19)3-7(2-5)20-9-8(12)4-14-10(15-9)16-13/h1-4H,13H2,(H,14,15,16). The molecule has 1 heterocycles. The number of nitrogens with two attached hydrogens (primary N) is 1. The molecule has 0 aliphatic rings. The summed E-state index contributed by atoms with van der Waals surface area (Å²) in [5.41, 5.74) is 1.93. The zero-order valence-electron chi connectivity index (χ0n) is 9.71. The molecule has 0 aliphatic carbocycles. The monoisotopic (exact) mass is 343 g/mol. The van der Waals surface area contributed by atoms with Crippen LogP contribution in [0.25, 0.3) is 0 Å². The van der Waals surface area contributed by atoms with Crippen molar-refractivity contribution < 1.29 is 14.1 Å². The predicted molar refractivity (Wildman–Crippen MR) is 70.7 cm³/mol. The first-order chi connectivity index (χ1) is 9.49. The molecule has 0 atom stereocenters. The number of rotatable bonds is 4. The predicted octanol–water partition coefficient (Wildman–Crippen LogP) is 2.36. The summed E-state index contributed by atoms with van der Waals surface area (Å²) in [4.78, 5) is 17.3.